The first-order chi connectivity index (χ1) is 8.68. The molecule has 1 aliphatic heterocycles. The van der Waals surface area contributed by atoms with Crippen molar-refractivity contribution in [3.8, 4) is 0 Å². The van der Waals surface area contributed by atoms with Crippen LogP contribution in [0.4, 0.5) is 10.1 Å². The first-order valence-electron chi connectivity index (χ1n) is 6.54. The SMILES string of the molecule is CC(N)Cc1cccc(F)c1N1CCCSCC1. The highest BCUT2D eigenvalue weighted by atomic mass is 32.2. The minimum atomic E-state index is -0.111. The Morgan fingerprint density at radius 2 is 2.22 bits per heavy atom. The van der Waals surface area contributed by atoms with Gasteiger partial charge in [0.2, 0.25) is 0 Å². The highest BCUT2D eigenvalue weighted by molar-refractivity contribution is 7.99. The molecular formula is C14H21FN2S. The minimum Gasteiger partial charge on any atom is -0.368 e. The molecule has 2 N–H and O–H groups in total. The van der Waals surface area contributed by atoms with Gasteiger partial charge in [-0.1, -0.05) is 12.1 Å². The fourth-order valence-corrected chi connectivity index (χ4v) is 3.28. The van der Waals surface area contributed by atoms with Crippen molar-refractivity contribution in [1.29, 1.82) is 0 Å². The van der Waals surface area contributed by atoms with Gasteiger partial charge in [0.25, 0.3) is 0 Å². The van der Waals surface area contributed by atoms with E-state index in [-0.39, 0.29) is 11.9 Å². The summed E-state index contributed by atoms with van der Waals surface area (Å²) >= 11 is 1.95. The summed E-state index contributed by atoms with van der Waals surface area (Å²) in [5, 5.41) is 0. The van der Waals surface area contributed by atoms with E-state index in [1.54, 1.807) is 12.1 Å². The van der Waals surface area contributed by atoms with Crippen molar-refractivity contribution in [3.05, 3.63) is 29.6 Å². The highest BCUT2D eigenvalue weighted by Crippen LogP contribution is 2.27. The van der Waals surface area contributed by atoms with Crippen molar-refractivity contribution in [1.82, 2.24) is 0 Å². The molecule has 0 aromatic heterocycles. The van der Waals surface area contributed by atoms with Crippen LogP contribution in [0, 0.1) is 5.82 Å². The maximum atomic E-state index is 14.1. The predicted molar refractivity (Wildman–Crippen MR) is 77.9 cm³/mol. The molecule has 4 heteroatoms. The van der Waals surface area contributed by atoms with Crippen molar-refractivity contribution in [2.24, 2.45) is 5.73 Å². The Hall–Kier alpha value is -0.740. The van der Waals surface area contributed by atoms with Crippen molar-refractivity contribution >= 4 is 17.4 Å². The second kappa shape index (κ2) is 6.43. The average Bonchev–Trinajstić information content (AvgIpc) is 2.57. The number of hydrogen-bond acceptors (Lipinski definition) is 3. The summed E-state index contributed by atoms with van der Waals surface area (Å²) in [6.45, 7) is 3.84. The number of anilines is 1. The number of nitrogens with zero attached hydrogens (tertiary/aromatic N) is 1. The van der Waals surface area contributed by atoms with Gasteiger partial charge in [0.15, 0.2) is 0 Å². The van der Waals surface area contributed by atoms with E-state index in [1.165, 1.54) is 5.75 Å². The summed E-state index contributed by atoms with van der Waals surface area (Å²) in [4.78, 5) is 2.19. The summed E-state index contributed by atoms with van der Waals surface area (Å²) < 4.78 is 14.1. The maximum absolute atomic E-state index is 14.1. The molecule has 1 atom stereocenters. The van der Waals surface area contributed by atoms with Gasteiger partial charge in [-0.05, 0) is 37.1 Å². The number of nitrogens with two attached hydrogens (primary N) is 1. The number of para-hydroxylation sites is 1. The van der Waals surface area contributed by atoms with Crippen LogP contribution in [-0.4, -0.2) is 30.6 Å². The van der Waals surface area contributed by atoms with Gasteiger partial charge in [-0.2, -0.15) is 11.8 Å². The smallest absolute Gasteiger partial charge is 0.146 e. The molecule has 0 saturated carbocycles. The Morgan fingerprint density at radius 3 is 3.00 bits per heavy atom. The number of thioether (sulfide) groups is 1. The van der Waals surface area contributed by atoms with E-state index in [9.17, 15) is 4.39 Å². The molecule has 0 spiro atoms. The molecule has 1 unspecified atom stereocenters. The molecule has 0 bridgehead atoms. The van der Waals surface area contributed by atoms with Crippen molar-refractivity contribution in [2.45, 2.75) is 25.8 Å². The summed E-state index contributed by atoms with van der Waals surface area (Å²) in [6, 6.07) is 5.40. The molecule has 1 aromatic rings. The van der Waals surface area contributed by atoms with E-state index in [2.05, 4.69) is 4.90 Å². The van der Waals surface area contributed by atoms with E-state index >= 15 is 0 Å². The predicted octanol–water partition coefficient (Wildman–Crippen LogP) is 2.66. The fourth-order valence-electron chi connectivity index (χ4n) is 2.40. The summed E-state index contributed by atoms with van der Waals surface area (Å²) in [6.07, 6.45) is 1.85. The molecule has 0 amide bonds. The van der Waals surface area contributed by atoms with E-state index in [1.807, 2.05) is 24.8 Å². The maximum Gasteiger partial charge on any atom is 0.146 e. The molecule has 1 fully saturated rings. The zero-order chi connectivity index (χ0) is 13.0. The molecular weight excluding hydrogens is 247 g/mol. The third-order valence-corrected chi connectivity index (χ3v) is 4.20. The zero-order valence-electron chi connectivity index (χ0n) is 10.9. The topological polar surface area (TPSA) is 29.3 Å². The quantitative estimate of drug-likeness (QED) is 0.914. The van der Waals surface area contributed by atoms with Crippen LogP contribution in [0.2, 0.25) is 0 Å². The molecule has 2 rings (SSSR count). The lowest BCUT2D eigenvalue weighted by Crippen LogP contribution is -2.29. The van der Waals surface area contributed by atoms with Gasteiger partial charge >= 0.3 is 0 Å². The Kier molecular flexibility index (Phi) is 4.89. The van der Waals surface area contributed by atoms with E-state index in [0.29, 0.717) is 0 Å². The molecule has 0 aliphatic carbocycles. The van der Waals surface area contributed by atoms with Gasteiger partial charge in [0.1, 0.15) is 5.82 Å². The first-order valence-corrected chi connectivity index (χ1v) is 7.69. The summed E-state index contributed by atoms with van der Waals surface area (Å²) in [5.74, 6) is 2.14. The van der Waals surface area contributed by atoms with Gasteiger partial charge in [-0.15, -0.1) is 0 Å². The monoisotopic (exact) mass is 268 g/mol. The zero-order valence-corrected chi connectivity index (χ0v) is 11.7. The van der Waals surface area contributed by atoms with Crippen molar-refractivity contribution in [2.75, 3.05) is 29.5 Å². The third-order valence-electron chi connectivity index (χ3n) is 3.15. The van der Waals surface area contributed by atoms with Gasteiger partial charge in [-0.25, -0.2) is 4.39 Å². The van der Waals surface area contributed by atoms with Crippen LogP contribution in [0.3, 0.4) is 0 Å². The lowest BCUT2D eigenvalue weighted by atomic mass is 10.0. The van der Waals surface area contributed by atoms with Gasteiger partial charge in [0.05, 0.1) is 5.69 Å². The lowest BCUT2D eigenvalue weighted by molar-refractivity contribution is 0.612. The number of rotatable bonds is 3. The summed E-state index contributed by atoms with van der Waals surface area (Å²) in [7, 11) is 0. The van der Waals surface area contributed by atoms with Crippen LogP contribution in [0.15, 0.2) is 18.2 Å². The Balaban J connectivity index is 2.28. The van der Waals surface area contributed by atoms with Crippen LogP contribution in [-0.2, 0) is 6.42 Å². The fraction of sp³-hybridized carbons (Fsp3) is 0.571. The second-order valence-electron chi connectivity index (χ2n) is 4.88. The molecule has 1 aliphatic rings. The Morgan fingerprint density at radius 1 is 1.39 bits per heavy atom. The molecule has 1 saturated heterocycles. The summed E-state index contributed by atoms with van der Waals surface area (Å²) in [5.41, 5.74) is 7.67. The molecule has 0 radical (unpaired) electrons. The van der Waals surface area contributed by atoms with E-state index < -0.39 is 0 Å². The van der Waals surface area contributed by atoms with Crippen LogP contribution in [0.1, 0.15) is 18.9 Å². The Bertz CT molecular complexity index is 387. The normalized spacial score (nSPS) is 18.5. The number of halogens is 1. The number of benzene rings is 1. The Labute approximate surface area is 113 Å². The van der Waals surface area contributed by atoms with Crippen LogP contribution >= 0.6 is 11.8 Å². The van der Waals surface area contributed by atoms with Crippen LogP contribution in [0.25, 0.3) is 0 Å². The molecule has 1 heterocycles. The lowest BCUT2D eigenvalue weighted by Gasteiger charge is -2.26. The van der Waals surface area contributed by atoms with Crippen LogP contribution < -0.4 is 10.6 Å². The first kappa shape index (κ1) is 13.7. The molecule has 18 heavy (non-hydrogen) atoms. The van der Waals surface area contributed by atoms with Gasteiger partial charge in [0, 0.05) is 24.9 Å². The van der Waals surface area contributed by atoms with E-state index in [4.69, 9.17) is 5.73 Å². The van der Waals surface area contributed by atoms with Gasteiger partial charge in [-0.3, -0.25) is 0 Å². The van der Waals surface area contributed by atoms with E-state index in [0.717, 1.165) is 42.9 Å². The number of hydrogen-bond donors (Lipinski definition) is 1. The van der Waals surface area contributed by atoms with Crippen molar-refractivity contribution < 1.29 is 4.39 Å². The highest BCUT2D eigenvalue weighted by Gasteiger charge is 2.18. The standard InChI is InChI=1S/C14H21FN2S/c1-11(16)10-12-4-2-5-13(15)14(12)17-6-3-8-18-9-7-17/h2,4-5,11H,3,6-10,16H2,1H3. The van der Waals surface area contributed by atoms with Crippen molar-refractivity contribution in [3.63, 3.8) is 0 Å². The molecule has 2 nitrogen and oxygen atoms in total. The minimum absolute atomic E-state index is 0.0619. The third kappa shape index (κ3) is 3.39. The molecule has 1 aromatic carbocycles. The second-order valence-corrected chi connectivity index (χ2v) is 6.11. The van der Waals surface area contributed by atoms with Crippen LogP contribution in [0.5, 0.6) is 0 Å². The average molecular weight is 268 g/mol. The van der Waals surface area contributed by atoms with Gasteiger partial charge < -0.3 is 10.6 Å². The largest absolute Gasteiger partial charge is 0.368 e. The molecule has 100 valence electrons.